The van der Waals surface area contributed by atoms with Gasteiger partial charge in [-0.2, -0.15) is 0 Å². The Morgan fingerprint density at radius 1 is 0.775 bits per heavy atom. The number of fused-ring (bicyclic) bond motifs is 2. The van der Waals surface area contributed by atoms with Crippen LogP contribution >= 0.6 is 0 Å². The van der Waals surface area contributed by atoms with Crippen molar-refractivity contribution in [3.8, 4) is 5.75 Å². The van der Waals surface area contributed by atoms with Crippen molar-refractivity contribution in [2.75, 3.05) is 24.8 Å². The summed E-state index contributed by atoms with van der Waals surface area (Å²) < 4.78 is 34.4. The molecule has 0 spiro atoms. The maximum atomic E-state index is 14.7. The molecule has 0 aliphatic heterocycles. The number of hydrogen-bond donors (Lipinski definition) is 3. The van der Waals surface area contributed by atoms with Gasteiger partial charge in [-0.25, -0.2) is 8.78 Å². The molecule has 0 saturated carbocycles. The van der Waals surface area contributed by atoms with Crippen molar-refractivity contribution in [2.45, 2.75) is 12.8 Å². The Morgan fingerprint density at radius 2 is 1.52 bits per heavy atom. The number of halogens is 2. The predicted octanol–water partition coefficient (Wildman–Crippen LogP) is 5.66. The van der Waals surface area contributed by atoms with E-state index in [1.807, 2.05) is 0 Å². The maximum absolute atomic E-state index is 14.7. The second-order valence-electron chi connectivity index (χ2n) is 9.28. The van der Waals surface area contributed by atoms with Gasteiger partial charge in [-0.3, -0.25) is 14.4 Å². The van der Waals surface area contributed by atoms with E-state index < -0.39 is 17.5 Å². The fourth-order valence-electron chi connectivity index (χ4n) is 4.66. The fourth-order valence-corrected chi connectivity index (χ4v) is 4.66. The van der Waals surface area contributed by atoms with Gasteiger partial charge in [0, 0.05) is 41.1 Å². The lowest BCUT2D eigenvalue weighted by Gasteiger charge is -2.14. The Balaban J connectivity index is 1.39. The standard InChI is InChI=1S/C31H25F2N3O4/c1-34-30(38)20-9-7-17-6-8-18-12-21(10-11-23(18)29(37)24(17)14-20)35-27-16-28(26(33)15-25(27)32)36-31(39)19-4-3-5-22(13-19)40-2/h3-5,7,9-16,35H,6,8H2,1-2H3,(H,34,38)(H,36,39). The van der Waals surface area contributed by atoms with E-state index in [0.717, 1.165) is 11.1 Å². The zero-order valence-electron chi connectivity index (χ0n) is 21.7. The molecule has 2 amide bonds. The normalized spacial score (nSPS) is 12.1. The van der Waals surface area contributed by atoms with Crippen LogP contribution in [0.1, 0.15) is 47.8 Å². The average molecular weight is 542 g/mol. The molecule has 202 valence electrons. The molecule has 4 aromatic rings. The first-order valence-corrected chi connectivity index (χ1v) is 12.5. The molecular weight excluding hydrogens is 516 g/mol. The Morgan fingerprint density at radius 3 is 2.30 bits per heavy atom. The number of carbonyl (C=O) groups is 3. The van der Waals surface area contributed by atoms with Crippen molar-refractivity contribution in [2.24, 2.45) is 0 Å². The van der Waals surface area contributed by atoms with E-state index >= 15 is 0 Å². The molecule has 1 aliphatic carbocycles. The van der Waals surface area contributed by atoms with Crippen LogP contribution < -0.4 is 20.7 Å². The number of hydrogen-bond acceptors (Lipinski definition) is 5. The SMILES string of the molecule is CNC(=O)c1ccc2c(c1)C(=O)c1ccc(Nc3cc(NC(=O)c4cccc(OC)c4)c(F)cc3F)cc1CC2. The van der Waals surface area contributed by atoms with Crippen molar-refractivity contribution in [1.29, 1.82) is 0 Å². The lowest BCUT2D eigenvalue weighted by Crippen LogP contribution is -2.18. The lowest BCUT2D eigenvalue weighted by molar-refractivity contribution is 0.0962. The fraction of sp³-hybridized carbons (Fsp3) is 0.129. The molecule has 0 unspecified atom stereocenters. The molecule has 0 aromatic heterocycles. The van der Waals surface area contributed by atoms with Crippen LogP contribution in [0.5, 0.6) is 5.75 Å². The number of methoxy groups -OCH3 is 1. The van der Waals surface area contributed by atoms with E-state index in [0.29, 0.717) is 47.0 Å². The highest BCUT2D eigenvalue weighted by Gasteiger charge is 2.23. The van der Waals surface area contributed by atoms with Gasteiger partial charge in [-0.05, 0) is 78.6 Å². The number of benzene rings is 4. The molecule has 9 heteroatoms. The summed E-state index contributed by atoms with van der Waals surface area (Å²) in [5.74, 6) is -2.38. The van der Waals surface area contributed by atoms with E-state index in [1.165, 1.54) is 26.3 Å². The molecule has 5 rings (SSSR count). The minimum atomic E-state index is -0.930. The summed E-state index contributed by atoms with van der Waals surface area (Å²) in [6, 6.07) is 18.3. The smallest absolute Gasteiger partial charge is 0.255 e. The van der Waals surface area contributed by atoms with Crippen LogP contribution in [0.15, 0.2) is 72.8 Å². The summed E-state index contributed by atoms with van der Waals surface area (Å²) in [4.78, 5) is 38.1. The monoisotopic (exact) mass is 541 g/mol. The number of ketones is 1. The number of nitrogens with one attached hydrogen (secondary N) is 3. The minimum Gasteiger partial charge on any atom is -0.497 e. The molecule has 1 aliphatic rings. The van der Waals surface area contributed by atoms with Crippen LogP contribution in [0, 0.1) is 11.6 Å². The maximum Gasteiger partial charge on any atom is 0.255 e. The Bertz CT molecular complexity index is 1670. The van der Waals surface area contributed by atoms with E-state index in [4.69, 9.17) is 4.74 Å². The van der Waals surface area contributed by atoms with Gasteiger partial charge in [0.05, 0.1) is 18.5 Å². The average Bonchev–Trinajstić information content (AvgIpc) is 3.10. The number of carbonyl (C=O) groups excluding carboxylic acids is 3. The number of amides is 2. The van der Waals surface area contributed by atoms with Gasteiger partial charge in [0.15, 0.2) is 5.78 Å². The van der Waals surface area contributed by atoms with Crippen molar-refractivity contribution >= 4 is 34.7 Å². The van der Waals surface area contributed by atoms with E-state index in [1.54, 1.807) is 54.6 Å². The van der Waals surface area contributed by atoms with Gasteiger partial charge in [-0.1, -0.05) is 12.1 Å². The predicted molar refractivity (Wildman–Crippen MR) is 148 cm³/mol. The molecule has 40 heavy (non-hydrogen) atoms. The second kappa shape index (κ2) is 11.0. The van der Waals surface area contributed by atoms with Crippen molar-refractivity contribution in [3.05, 3.63) is 118 Å². The second-order valence-corrected chi connectivity index (χ2v) is 9.28. The molecule has 0 atom stereocenters. The Labute approximate surface area is 229 Å². The van der Waals surface area contributed by atoms with Crippen LogP contribution in [0.25, 0.3) is 0 Å². The van der Waals surface area contributed by atoms with Crippen LogP contribution in [0.3, 0.4) is 0 Å². The molecule has 7 nitrogen and oxygen atoms in total. The summed E-state index contributed by atoms with van der Waals surface area (Å²) in [6.45, 7) is 0. The van der Waals surface area contributed by atoms with E-state index in [2.05, 4.69) is 16.0 Å². The summed E-state index contributed by atoms with van der Waals surface area (Å²) in [7, 11) is 3.00. The topological polar surface area (TPSA) is 96.5 Å². The molecule has 0 heterocycles. The van der Waals surface area contributed by atoms with Gasteiger partial charge in [0.1, 0.15) is 17.4 Å². The van der Waals surface area contributed by atoms with Crippen LogP contribution in [-0.4, -0.2) is 31.8 Å². The Kier molecular flexibility index (Phi) is 7.29. The highest BCUT2D eigenvalue weighted by Crippen LogP contribution is 2.31. The summed E-state index contributed by atoms with van der Waals surface area (Å²) >= 11 is 0. The van der Waals surface area contributed by atoms with Gasteiger partial charge < -0.3 is 20.7 Å². The molecule has 3 N–H and O–H groups in total. The summed E-state index contributed by atoms with van der Waals surface area (Å²) in [6.07, 6.45) is 1.13. The van der Waals surface area contributed by atoms with Crippen LogP contribution in [-0.2, 0) is 12.8 Å². The number of rotatable bonds is 6. The van der Waals surface area contributed by atoms with Gasteiger partial charge in [0.25, 0.3) is 11.8 Å². The molecule has 0 radical (unpaired) electrons. The summed E-state index contributed by atoms with van der Waals surface area (Å²) in [5.41, 5.74) is 3.43. The molecule has 0 fully saturated rings. The van der Waals surface area contributed by atoms with E-state index in [9.17, 15) is 23.2 Å². The quantitative estimate of drug-likeness (QED) is 0.293. The van der Waals surface area contributed by atoms with Crippen molar-refractivity contribution < 1.29 is 27.9 Å². The highest BCUT2D eigenvalue weighted by molar-refractivity contribution is 6.12. The minimum absolute atomic E-state index is 0.0549. The zero-order chi connectivity index (χ0) is 28.4. The van der Waals surface area contributed by atoms with Gasteiger partial charge in [0.2, 0.25) is 0 Å². The first-order chi connectivity index (χ1) is 19.3. The Hall–Kier alpha value is -5.05. The largest absolute Gasteiger partial charge is 0.497 e. The third-order valence-corrected chi connectivity index (χ3v) is 6.77. The summed E-state index contributed by atoms with van der Waals surface area (Å²) in [5, 5.41) is 7.97. The highest BCUT2D eigenvalue weighted by atomic mass is 19.1. The number of ether oxygens (including phenoxy) is 1. The van der Waals surface area contributed by atoms with Gasteiger partial charge >= 0.3 is 0 Å². The van der Waals surface area contributed by atoms with Gasteiger partial charge in [-0.15, -0.1) is 0 Å². The molecule has 4 aromatic carbocycles. The molecule has 0 saturated heterocycles. The number of anilines is 3. The first-order valence-electron chi connectivity index (χ1n) is 12.5. The molecular formula is C31H25F2N3O4. The third-order valence-electron chi connectivity index (χ3n) is 6.77. The van der Waals surface area contributed by atoms with Crippen molar-refractivity contribution in [1.82, 2.24) is 5.32 Å². The molecule has 0 bridgehead atoms. The third kappa shape index (κ3) is 5.26. The zero-order valence-corrected chi connectivity index (χ0v) is 21.7. The lowest BCUT2D eigenvalue weighted by atomic mass is 9.96. The van der Waals surface area contributed by atoms with Crippen LogP contribution in [0.4, 0.5) is 25.8 Å². The van der Waals surface area contributed by atoms with Crippen molar-refractivity contribution in [3.63, 3.8) is 0 Å². The van der Waals surface area contributed by atoms with Crippen LogP contribution in [0.2, 0.25) is 0 Å². The van der Waals surface area contributed by atoms with E-state index in [-0.39, 0.29) is 28.6 Å². The number of aryl methyl sites for hydroxylation is 2. The first kappa shape index (κ1) is 26.6.